The number of para-hydroxylation sites is 1. The number of hydrogen-bond acceptors (Lipinski definition) is 6. The molecular weight excluding hydrogens is 352 g/mol. The van der Waals surface area contributed by atoms with Crippen molar-refractivity contribution in [1.82, 2.24) is 15.3 Å². The van der Waals surface area contributed by atoms with Crippen molar-refractivity contribution in [3.8, 4) is 17.1 Å². The number of rotatable bonds is 6. The molecular formula is C22H24N4O2. The third-order valence-corrected chi connectivity index (χ3v) is 4.84. The van der Waals surface area contributed by atoms with Gasteiger partial charge in [-0.3, -0.25) is 0 Å². The van der Waals surface area contributed by atoms with Gasteiger partial charge in [-0.15, -0.1) is 0 Å². The van der Waals surface area contributed by atoms with Crippen molar-refractivity contribution < 1.29 is 9.84 Å². The van der Waals surface area contributed by atoms with Gasteiger partial charge in [0.05, 0.1) is 17.7 Å². The van der Waals surface area contributed by atoms with Crippen LogP contribution in [0, 0.1) is 0 Å². The number of nitrogens with one attached hydrogen (secondary N) is 2. The molecule has 3 aromatic rings. The Labute approximate surface area is 164 Å². The van der Waals surface area contributed by atoms with E-state index >= 15 is 0 Å². The third-order valence-electron chi connectivity index (χ3n) is 4.84. The molecule has 1 aliphatic heterocycles. The Hall–Kier alpha value is -2.96. The Morgan fingerprint density at radius 3 is 2.93 bits per heavy atom. The summed E-state index contributed by atoms with van der Waals surface area (Å²) in [6, 6.07) is 13.6. The molecule has 6 nitrogen and oxygen atoms in total. The van der Waals surface area contributed by atoms with Crippen LogP contribution in [-0.4, -0.2) is 47.9 Å². The quantitative estimate of drug-likeness (QED) is 0.612. The Balaban J connectivity index is 1.80. The summed E-state index contributed by atoms with van der Waals surface area (Å²) in [5.41, 5.74) is 2.50. The highest BCUT2D eigenvalue weighted by Gasteiger charge is 2.18. The lowest BCUT2D eigenvalue weighted by Gasteiger charge is -2.16. The standard InChI is InChI=1S/C22H24N4O2/c1-28-12-4-5-15-8-9-17-19(13-15)25-22(18-6-2-3-7-20(18)27)26-21(17)24-16-10-11-23-14-16/h2-9,13,16,23,27H,10-12,14H2,1H3,(H,24,25,26)/b5-4+/t16-/m0/s1. The first-order valence-corrected chi connectivity index (χ1v) is 9.47. The van der Waals surface area contributed by atoms with Crippen LogP contribution in [0.2, 0.25) is 0 Å². The number of fused-ring (bicyclic) bond motifs is 1. The van der Waals surface area contributed by atoms with E-state index in [9.17, 15) is 5.11 Å². The fraction of sp³-hybridized carbons (Fsp3) is 0.273. The molecule has 0 bridgehead atoms. The zero-order chi connectivity index (χ0) is 19.3. The highest BCUT2D eigenvalue weighted by molar-refractivity contribution is 5.92. The fourth-order valence-electron chi connectivity index (χ4n) is 3.40. The molecule has 0 unspecified atom stereocenters. The van der Waals surface area contributed by atoms with Crippen LogP contribution in [0.5, 0.6) is 5.75 Å². The topological polar surface area (TPSA) is 79.3 Å². The van der Waals surface area contributed by atoms with Crippen molar-refractivity contribution in [3.05, 3.63) is 54.1 Å². The van der Waals surface area contributed by atoms with Gasteiger partial charge in [-0.25, -0.2) is 9.97 Å². The Kier molecular flexibility index (Phi) is 5.50. The Morgan fingerprint density at radius 1 is 1.25 bits per heavy atom. The molecule has 3 N–H and O–H groups in total. The number of aromatic nitrogens is 2. The summed E-state index contributed by atoms with van der Waals surface area (Å²) in [5.74, 6) is 1.48. The van der Waals surface area contributed by atoms with Crippen LogP contribution in [0.1, 0.15) is 12.0 Å². The number of phenols is 1. The van der Waals surface area contributed by atoms with Crippen molar-refractivity contribution in [1.29, 1.82) is 0 Å². The Bertz CT molecular complexity index is 997. The lowest BCUT2D eigenvalue weighted by atomic mass is 10.1. The molecule has 1 atom stereocenters. The van der Waals surface area contributed by atoms with Gasteiger partial charge in [-0.1, -0.05) is 30.4 Å². The number of nitrogens with zero attached hydrogens (tertiary/aromatic N) is 2. The predicted octanol–water partition coefficient (Wildman–Crippen LogP) is 3.44. The van der Waals surface area contributed by atoms with Crippen LogP contribution in [0.3, 0.4) is 0 Å². The average Bonchev–Trinajstić information content (AvgIpc) is 3.21. The molecule has 0 saturated carbocycles. The van der Waals surface area contributed by atoms with Gasteiger partial charge in [0.15, 0.2) is 5.82 Å². The molecule has 0 spiro atoms. The number of methoxy groups -OCH3 is 1. The maximum Gasteiger partial charge on any atom is 0.165 e. The van der Waals surface area contributed by atoms with E-state index in [-0.39, 0.29) is 5.75 Å². The summed E-state index contributed by atoms with van der Waals surface area (Å²) in [4.78, 5) is 9.49. The van der Waals surface area contributed by atoms with E-state index in [0.717, 1.165) is 41.8 Å². The van der Waals surface area contributed by atoms with Gasteiger partial charge in [0, 0.05) is 25.1 Å². The highest BCUT2D eigenvalue weighted by Crippen LogP contribution is 2.31. The molecule has 0 radical (unpaired) electrons. The minimum atomic E-state index is 0.173. The first kappa shape index (κ1) is 18.4. The van der Waals surface area contributed by atoms with Crippen molar-refractivity contribution >= 4 is 22.8 Å². The molecule has 28 heavy (non-hydrogen) atoms. The lowest BCUT2D eigenvalue weighted by molar-refractivity contribution is 0.234. The number of hydrogen-bond donors (Lipinski definition) is 3. The van der Waals surface area contributed by atoms with E-state index in [1.807, 2.05) is 36.4 Å². The predicted molar refractivity (Wildman–Crippen MR) is 112 cm³/mol. The summed E-state index contributed by atoms with van der Waals surface area (Å²) in [6.07, 6.45) is 5.03. The summed E-state index contributed by atoms with van der Waals surface area (Å²) in [7, 11) is 1.67. The zero-order valence-electron chi connectivity index (χ0n) is 15.9. The van der Waals surface area contributed by atoms with Crippen molar-refractivity contribution in [2.24, 2.45) is 0 Å². The van der Waals surface area contributed by atoms with Gasteiger partial charge in [-0.05, 0) is 42.8 Å². The van der Waals surface area contributed by atoms with Crippen LogP contribution >= 0.6 is 0 Å². The first-order chi connectivity index (χ1) is 13.7. The smallest absolute Gasteiger partial charge is 0.165 e. The van der Waals surface area contributed by atoms with Gasteiger partial charge in [0.25, 0.3) is 0 Å². The van der Waals surface area contributed by atoms with E-state index in [1.165, 1.54) is 0 Å². The van der Waals surface area contributed by atoms with Crippen LogP contribution < -0.4 is 10.6 Å². The maximum absolute atomic E-state index is 10.3. The fourth-order valence-corrected chi connectivity index (χ4v) is 3.40. The van der Waals surface area contributed by atoms with Crippen molar-refractivity contribution in [3.63, 3.8) is 0 Å². The summed E-state index contributed by atoms with van der Waals surface area (Å²) in [5, 5.41) is 18.2. The molecule has 0 amide bonds. The Morgan fingerprint density at radius 2 is 2.14 bits per heavy atom. The zero-order valence-corrected chi connectivity index (χ0v) is 15.9. The molecule has 1 fully saturated rings. The van der Waals surface area contributed by atoms with E-state index in [2.05, 4.69) is 16.7 Å². The van der Waals surface area contributed by atoms with E-state index in [4.69, 9.17) is 14.7 Å². The van der Waals surface area contributed by atoms with Gasteiger partial charge < -0.3 is 20.5 Å². The SMILES string of the molecule is COC/C=C/c1ccc2c(N[C@H]3CCNC3)nc(-c3ccccc3O)nc2c1. The molecule has 1 aliphatic rings. The number of ether oxygens (including phenoxy) is 1. The van der Waals surface area contributed by atoms with E-state index in [1.54, 1.807) is 19.2 Å². The van der Waals surface area contributed by atoms with Gasteiger partial charge >= 0.3 is 0 Å². The minimum Gasteiger partial charge on any atom is -0.507 e. The monoisotopic (exact) mass is 376 g/mol. The van der Waals surface area contributed by atoms with Crippen LogP contribution in [0.25, 0.3) is 28.4 Å². The first-order valence-electron chi connectivity index (χ1n) is 9.47. The average molecular weight is 376 g/mol. The van der Waals surface area contributed by atoms with Gasteiger partial charge in [-0.2, -0.15) is 0 Å². The second-order valence-corrected chi connectivity index (χ2v) is 6.88. The number of aromatic hydroxyl groups is 1. The van der Waals surface area contributed by atoms with E-state index in [0.29, 0.717) is 24.0 Å². The second kappa shape index (κ2) is 8.37. The molecule has 0 aliphatic carbocycles. The largest absolute Gasteiger partial charge is 0.507 e. The molecule has 144 valence electrons. The number of benzene rings is 2. The summed E-state index contributed by atoms with van der Waals surface area (Å²) >= 11 is 0. The molecule has 4 rings (SSSR count). The van der Waals surface area contributed by atoms with Crippen LogP contribution in [-0.2, 0) is 4.74 Å². The minimum absolute atomic E-state index is 0.173. The van der Waals surface area contributed by atoms with Gasteiger partial charge in [0.1, 0.15) is 11.6 Å². The lowest BCUT2D eigenvalue weighted by Crippen LogP contribution is -2.23. The molecule has 1 saturated heterocycles. The number of anilines is 1. The summed E-state index contributed by atoms with van der Waals surface area (Å²) in [6.45, 7) is 2.48. The van der Waals surface area contributed by atoms with Crippen molar-refractivity contribution in [2.45, 2.75) is 12.5 Å². The normalized spacial score (nSPS) is 16.8. The third kappa shape index (κ3) is 3.98. The molecule has 2 aromatic carbocycles. The molecule has 2 heterocycles. The number of phenolic OH excluding ortho intramolecular Hbond substituents is 1. The van der Waals surface area contributed by atoms with Crippen molar-refractivity contribution in [2.75, 3.05) is 32.1 Å². The van der Waals surface area contributed by atoms with Crippen LogP contribution in [0.4, 0.5) is 5.82 Å². The van der Waals surface area contributed by atoms with Gasteiger partial charge in [0.2, 0.25) is 0 Å². The highest BCUT2D eigenvalue weighted by atomic mass is 16.5. The molecule has 6 heteroatoms. The van der Waals surface area contributed by atoms with E-state index < -0.39 is 0 Å². The second-order valence-electron chi connectivity index (χ2n) is 6.88. The molecule has 1 aromatic heterocycles. The summed E-state index contributed by atoms with van der Waals surface area (Å²) < 4.78 is 5.08. The van der Waals surface area contributed by atoms with Crippen LogP contribution in [0.15, 0.2) is 48.5 Å². The maximum atomic E-state index is 10.3.